The number of hydrogen-bond donors (Lipinski definition) is 1. The van der Waals surface area contributed by atoms with Crippen molar-refractivity contribution in [2.24, 2.45) is 0 Å². The number of hydrogen-bond acceptors (Lipinski definition) is 7. The van der Waals surface area contributed by atoms with E-state index in [0.29, 0.717) is 17.4 Å². The number of nitrogens with zero attached hydrogens (tertiary/aromatic N) is 3. The molecule has 9 heteroatoms. The van der Waals surface area contributed by atoms with Crippen LogP contribution in [0.4, 0.5) is 10.7 Å². The summed E-state index contributed by atoms with van der Waals surface area (Å²) in [5, 5.41) is 19.5. The van der Waals surface area contributed by atoms with Gasteiger partial charge < -0.3 is 9.32 Å². The molecule has 0 aliphatic carbocycles. The van der Waals surface area contributed by atoms with Crippen molar-refractivity contribution in [2.75, 3.05) is 18.0 Å². The molecule has 0 aromatic carbocycles. The van der Waals surface area contributed by atoms with Gasteiger partial charge in [0.05, 0.1) is 10.8 Å². The van der Waals surface area contributed by atoms with Crippen LogP contribution in [0.25, 0.3) is 0 Å². The van der Waals surface area contributed by atoms with E-state index in [1.165, 1.54) is 17.4 Å². The van der Waals surface area contributed by atoms with E-state index in [9.17, 15) is 14.9 Å². The maximum Gasteiger partial charge on any atom is 0.434 e. The molecule has 1 saturated heterocycles. The first-order chi connectivity index (χ1) is 9.65. The van der Waals surface area contributed by atoms with Gasteiger partial charge in [0.15, 0.2) is 5.00 Å². The molecule has 2 aromatic rings. The number of nitrogens with one attached hydrogen (secondary N) is 1. The smallest absolute Gasteiger partial charge is 0.392 e. The van der Waals surface area contributed by atoms with E-state index in [1.54, 1.807) is 5.38 Å². The molecular weight excluding hydrogens is 284 g/mol. The van der Waals surface area contributed by atoms with Gasteiger partial charge in [-0.3, -0.25) is 10.1 Å². The first-order valence-corrected chi connectivity index (χ1v) is 7.05. The van der Waals surface area contributed by atoms with E-state index in [1.807, 2.05) is 4.90 Å². The summed E-state index contributed by atoms with van der Waals surface area (Å²) in [5.74, 6) is -0.220. The molecule has 1 N–H and O–H groups in total. The fourth-order valence-electron chi connectivity index (χ4n) is 2.45. The van der Waals surface area contributed by atoms with Gasteiger partial charge in [0.1, 0.15) is 0 Å². The van der Waals surface area contributed by atoms with Gasteiger partial charge in [-0.1, -0.05) is 0 Å². The summed E-state index contributed by atoms with van der Waals surface area (Å²) in [7, 11) is 0. The zero-order chi connectivity index (χ0) is 14.1. The molecule has 1 aliphatic rings. The Bertz CT molecular complexity index is 676. The van der Waals surface area contributed by atoms with Crippen molar-refractivity contribution in [3.63, 3.8) is 0 Å². The van der Waals surface area contributed by atoms with Crippen molar-refractivity contribution in [1.29, 1.82) is 0 Å². The highest BCUT2D eigenvalue weighted by molar-refractivity contribution is 7.14. The van der Waals surface area contributed by atoms with E-state index in [-0.39, 0.29) is 16.5 Å². The van der Waals surface area contributed by atoms with Crippen molar-refractivity contribution in [3.05, 3.63) is 38.0 Å². The molecule has 20 heavy (non-hydrogen) atoms. The van der Waals surface area contributed by atoms with Gasteiger partial charge in [-0.25, -0.2) is 9.89 Å². The van der Waals surface area contributed by atoms with Gasteiger partial charge >= 0.3 is 11.4 Å². The van der Waals surface area contributed by atoms with Crippen molar-refractivity contribution in [1.82, 2.24) is 10.2 Å². The van der Waals surface area contributed by atoms with E-state index in [0.717, 1.165) is 19.4 Å². The number of anilines is 1. The van der Waals surface area contributed by atoms with Gasteiger partial charge in [-0.2, -0.15) is 0 Å². The second-order valence-electron chi connectivity index (χ2n) is 4.60. The normalized spacial score (nSPS) is 19.2. The van der Waals surface area contributed by atoms with Crippen molar-refractivity contribution >= 4 is 22.0 Å². The molecule has 2 aromatic heterocycles. The zero-order valence-electron chi connectivity index (χ0n) is 10.4. The van der Waals surface area contributed by atoms with Crippen LogP contribution in [-0.2, 0) is 0 Å². The van der Waals surface area contributed by atoms with Crippen LogP contribution in [0.5, 0.6) is 0 Å². The molecule has 1 atom stereocenters. The van der Waals surface area contributed by atoms with Gasteiger partial charge in [0.25, 0.3) is 0 Å². The largest absolute Gasteiger partial charge is 0.434 e. The lowest BCUT2D eigenvalue weighted by atomic mass is 9.98. The Morgan fingerprint density at radius 1 is 1.60 bits per heavy atom. The minimum atomic E-state index is -0.570. The number of piperidine rings is 1. The highest BCUT2D eigenvalue weighted by Gasteiger charge is 2.29. The van der Waals surface area contributed by atoms with Gasteiger partial charge in [0.2, 0.25) is 5.89 Å². The van der Waals surface area contributed by atoms with Crippen LogP contribution in [0.2, 0.25) is 0 Å². The van der Waals surface area contributed by atoms with E-state index in [4.69, 9.17) is 4.42 Å². The third-order valence-electron chi connectivity index (χ3n) is 3.33. The van der Waals surface area contributed by atoms with Crippen LogP contribution in [0.3, 0.4) is 0 Å². The van der Waals surface area contributed by atoms with Crippen LogP contribution in [0.15, 0.2) is 20.7 Å². The molecule has 106 valence electrons. The summed E-state index contributed by atoms with van der Waals surface area (Å²) < 4.78 is 4.99. The minimum absolute atomic E-state index is 0.0237. The number of aromatic nitrogens is 2. The number of thiophene rings is 1. The molecule has 0 saturated carbocycles. The molecule has 0 bridgehead atoms. The first kappa shape index (κ1) is 12.9. The van der Waals surface area contributed by atoms with E-state index < -0.39 is 5.76 Å². The van der Waals surface area contributed by atoms with Gasteiger partial charge in [-0.15, -0.1) is 16.4 Å². The van der Waals surface area contributed by atoms with E-state index >= 15 is 0 Å². The number of rotatable bonds is 3. The Kier molecular flexibility index (Phi) is 3.26. The molecule has 0 radical (unpaired) electrons. The standard InChI is InChI=1S/C11H12N4O4S/c16-11-13-12-9(19-11)7-2-1-4-14(6-7)10-8(15(17)18)3-5-20-10/h3,5,7H,1-2,4,6H2,(H,13,16). The van der Waals surface area contributed by atoms with Crippen LogP contribution in [0.1, 0.15) is 24.7 Å². The predicted octanol–water partition coefficient (Wildman–Crippen LogP) is 1.72. The number of nitro groups is 1. The molecule has 3 rings (SSSR count). The Hall–Kier alpha value is -2.16. The zero-order valence-corrected chi connectivity index (χ0v) is 11.3. The summed E-state index contributed by atoms with van der Waals surface area (Å²) in [6.45, 7) is 1.32. The first-order valence-electron chi connectivity index (χ1n) is 6.17. The topological polar surface area (TPSA) is 105 Å². The molecule has 1 aliphatic heterocycles. The van der Waals surface area contributed by atoms with Crippen LogP contribution in [0, 0.1) is 10.1 Å². The Morgan fingerprint density at radius 2 is 2.45 bits per heavy atom. The molecular formula is C11H12N4O4S. The highest BCUT2D eigenvalue weighted by Crippen LogP contribution is 2.37. The highest BCUT2D eigenvalue weighted by atomic mass is 32.1. The molecule has 0 spiro atoms. The summed E-state index contributed by atoms with van der Waals surface area (Å²) >= 11 is 1.35. The fraction of sp³-hybridized carbons (Fsp3) is 0.455. The van der Waals surface area contributed by atoms with Crippen LogP contribution < -0.4 is 10.7 Å². The van der Waals surface area contributed by atoms with Crippen molar-refractivity contribution in [3.8, 4) is 0 Å². The molecule has 1 unspecified atom stereocenters. The van der Waals surface area contributed by atoms with Gasteiger partial charge in [0, 0.05) is 19.2 Å². The SMILES string of the molecule is O=c1[nH]nc(C2CCCN(c3sccc3[N+](=O)[O-])C2)o1. The third-order valence-corrected chi connectivity index (χ3v) is 4.30. The molecule has 8 nitrogen and oxygen atoms in total. The summed E-state index contributed by atoms with van der Waals surface area (Å²) in [4.78, 5) is 23.6. The molecule has 1 fully saturated rings. The second kappa shape index (κ2) is 5.08. The van der Waals surface area contributed by atoms with Gasteiger partial charge in [-0.05, 0) is 18.2 Å². The maximum absolute atomic E-state index is 11.0. The Labute approximate surface area is 117 Å². The maximum atomic E-state index is 11.0. The Morgan fingerprint density at radius 3 is 3.15 bits per heavy atom. The third kappa shape index (κ3) is 2.31. The van der Waals surface area contributed by atoms with Crippen molar-refractivity contribution in [2.45, 2.75) is 18.8 Å². The predicted molar refractivity (Wildman–Crippen MR) is 72.3 cm³/mol. The molecule has 3 heterocycles. The lowest BCUT2D eigenvalue weighted by Gasteiger charge is -2.31. The quantitative estimate of drug-likeness (QED) is 0.683. The monoisotopic (exact) mass is 296 g/mol. The second-order valence-corrected chi connectivity index (χ2v) is 5.50. The average Bonchev–Trinajstić information content (AvgIpc) is 3.07. The summed E-state index contributed by atoms with van der Waals surface area (Å²) in [6.07, 6.45) is 1.72. The lowest BCUT2D eigenvalue weighted by molar-refractivity contribution is -0.383. The van der Waals surface area contributed by atoms with Crippen LogP contribution >= 0.6 is 11.3 Å². The van der Waals surface area contributed by atoms with Crippen molar-refractivity contribution < 1.29 is 9.34 Å². The summed E-state index contributed by atoms with van der Waals surface area (Å²) in [5.41, 5.74) is 0.124. The van der Waals surface area contributed by atoms with E-state index in [2.05, 4.69) is 10.2 Å². The average molecular weight is 296 g/mol. The number of H-pyrrole nitrogens is 1. The minimum Gasteiger partial charge on any atom is -0.392 e. The van der Waals surface area contributed by atoms with Crippen LogP contribution in [-0.4, -0.2) is 28.2 Å². The molecule has 0 amide bonds. The fourth-order valence-corrected chi connectivity index (χ4v) is 3.35. The number of aromatic amines is 1. The summed E-state index contributed by atoms with van der Waals surface area (Å²) in [6, 6.07) is 1.51. The Balaban J connectivity index is 1.83. The lowest BCUT2D eigenvalue weighted by Crippen LogP contribution is -2.34.